The van der Waals surface area contributed by atoms with Gasteiger partial charge in [0.05, 0.1) is 12.0 Å². The molecule has 2 unspecified atom stereocenters. The van der Waals surface area contributed by atoms with Crippen LogP contribution in [-0.4, -0.2) is 35.8 Å². The van der Waals surface area contributed by atoms with Gasteiger partial charge < -0.3 is 15.5 Å². The normalized spacial score (nSPS) is 23.9. The van der Waals surface area contributed by atoms with Crippen LogP contribution >= 0.6 is 11.3 Å². The molecule has 3 heterocycles. The van der Waals surface area contributed by atoms with Crippen molar-refractivity contribution in [3.8, 4) is 0 Å². The van der Waals surface area contributed by atoms with Gasteiger partial charge in [-0.1, -0.05) is 23.8 Å². The van der Waals surface area contributed by atoms with E-state index in [2.05, 4.69) is 0 Å². The third kappa shape index (κ3) is 3.71. The van der Waals surface area contributed by atoms with Gasteiger partial charge in [0.2, 0.25) is 11.8 Å². The Labute approximate surface area is 170 Å². The summed E-state index contributed by atoms with van der Waals surface area (Å²) in [6.45, 7) is 3.46. The Morgan fingerprint density at radius 3 is 2.46 bits per heavy atom. The Morgan fingerprint density at radius 2 is 1.82 bits per heavy atom. The van der Waals surface area contributed by atoms with Crippen molar-refractivity contribution in [3.63, 3.8) is 0 Å². The van der Waals surface area contributed by atoms with Gasteiger partial charge in [-0.3, -0.25) is 9.59 Å². The molecule has 2 aliphatic heterocycles. The predicted octanol–water partition coefficient (Wildman–Crippen LogP) is 3.49. The van der Waals surface area contributed by atoms with E-state index in [0.717, 1.165) is 29.0 Å². The van der Waals surface area contributed by atoms with Crippen molar-refractivity contribution in [1.82, 2.24) is 4.90 Å². The van der Waals surface area contributed by atoms with Gasteiger partial charge in [-0.25, -0.2) is 0 Å². The molecule has 0 radical (unpaired) electrons. The summed E-state index contributed by atoms with van der Waals surface area (Å²) in [7, 11) is 0. The van der Waals surface area contributed by atoms with Crippen LogP contribution in [0, 0.1) is 12.8 Å². The van der Waals surface area contributed by atoms with Gasteiger partial charge in [-0.15, -0.1) is 11.3 Å². The van der Waals surface area contributed by atoms with Gasteiger partial charge in [0.15, 0.2) is 0 Å². The Balaban J connectivity index is 1.68. The number of carbonyl (C=O) groups is 2. The lowest BCUT2D eigenvalue weighted by atomic mass is 9.85. The van der Waals surface area contributed by atoms with Crippen molar-refractivity contribution < 1.29 is 9.59 Å². The molecule has 5 nitrogen and oxygen atoms in total. The van der Waals surface area contributed by atoms with Crippen LogP contribution < -0.4 is 10.6 Å². The first-order valence-corrected chi connectivity index (χ1v) is 10.9. The number of amides is 2. The first kappa shape index (κ1) is 19.2. The maximum absolute atomic E-state index is 13.5. The minimum Gasteiger partial charge on any atom is -0.342 e. The lowest BCUT2D eigenvalue weighted by Gasteiger charge is -2.42. The molecule has 2 N–H and O–H groups in total. The lowest BCUT2D eigenvalue weighted by molar-refractivity contribution is -0.139. The van der Waals surface area contributed by atoms with Gasteiger partial charge >= 0.3 is 0 Å². The van der Waals surface area contributed by atoms with E-state index in [4.69, 9.17) is 5.73 Å². The number of thiophene rings is 1. The molecule has 2 atom stereocenters. The molecule has 2 aromatic rings. The fraction of sp³-hybridized carbons (Fsp3) is 0.455. The smallest absolute Gasteiger partial charge is 0.228 e. The van der Waals surface area contributed by atoms with Gasteiger partial charge in [-0.2, -0.15) is 0 Å². The number of aryl methyl sites for hydroxylation is 1. The standard InChI is InChI=1S/C22H27N3O2S/c1-15-4-6-17(7-5-15)25-20(26)9-8-18(21(25)19-3-2-14-28-19)22(27)24-12-10-16(23)11-13-24/h2-7,14,16,18,21H,8-13,23H2,1H3. The lowest BCUT2D eigenvalue weighted by Crippen LogP contribution is -2.51. The highest BCUT2D eigenvalue weighted by Gasteiger charge is 2.43. The van der Waals surface area contributed by atoms with E-state index in [9.17, 15) is 9.59 Å². The van der Waals surface area contributed by atoms with Gasteiger partial charge in [-0.05, 0) is 49.8 Å². The van der Waals surface area contributed by atoms with Crippen molar-refractivity contribution in [3.05, 3.63) is 52.2 Å². The van der Waals surface area contributed by atoms with E-state index in [1.165, 1.54) is 0 Å². The molecule has 148 valence electrons. The van der Waals surface area contributed by atoms with Crippen molar-refractivity contribution in [1.29, 1.82) is 0 Å². The van der Waals surface area contributed by atoms with E-state index in [0.29, 0.717) is 25.9 Å². The van der Waals surface area contributed by atoms with E-state index in [-0.39, 0.29) is 29.8 Å². The zero-order valence-electron chi connectivity index (χ0n) is 16.2. The fourth-order valence-electron chi connectivity index (χ4n) is 4.30. The first-order valence-electron chi connectivity index (χ1n) is 10.0. The Morgan fingerprint density at radius 1 is 1.11 bits per heavy atom. The average molecular weight is 398 g/mol. The second kappa shape index (κ2) is 8.05. The monoisotopic (exact) mass is 397 g/mol. The number of likely N-dealkylation sites (tertiary alicyclic amines) is 1. The molecule has 28 heavy (non-hydrogen) atoms. The zero-order chi connectivity index (χ0) is 19.7. The molecule has 2 fully saturated rings. The summed E-state index contributed by atoms with van der Waals surface area (Å²) >= 11 is 1.62. The molecule has 2 saturated heterocycles. The quantitative estimate of drug-likeness (QED) is 0.862. The third-order valence-corrected chi connectivity index (χ3v) is 6.86. The highest BCUT2D eigenvalue weighted by Crippen LogP contribution is 2.42. The summed E-state index contributed by atoms with van der Waals surface area (Å²) < 4.78 is 0. The summed E-state index contributed by atoms with van der Waals surface area (Å²) in [5, 5.41) is 2.02. The van der Waals surface area contributed by atoms with Crippen molar-refractivity contribution in [2.75, 3.05) is 18.0 Å². The molecule has 0 bridgehead atoms. The minimum absolute atomic E-state index is 0.0898. The number of benzene rings is 1. The maximum atomic E-state index is 13.5. The number of hydrogen-bond donors (Lipinski definition) is 1. The summed E-state index contributed by atoms with van der Waals surface area (Å²) in [4.78, 5) is 31.3. The largest absolute Gasteiger partial charge is 0.342 e. The number of rotatable bonds is 3. The molecular formula is C22H27N3O2S. The van der Waals surface area contributed by atoms with Gasteiger partial charge in [0.1, 0.15) is 0 Å². The highest BCUT2D eigenvalue weighted by molar-refractivity contribution is 7.10. The molecule has 0 saturated carbocycles. The molecule has 0 spiro atoms. The Kier molecular flexibility index (Phi) is 5.51. The van der Waals surface area contributed by atoms with E-state index in [1.54, 1.807) is 11.3 Å². The second-order valence-corrected chi connectivity index (χ2v) is 8.85. The van der Waals surface area contributed by atoms with Gasteiger partial charge in [0.25, 0.3) is 0 Å². The second-order valence-electron chi connectivity index (χ2n) is 7.87. The van der Waals surface area contributed by atoms with Crippen LogP contribution in [0.5, 0.6) is 0 Å². The van der Waals surface area contributed by atoms with Crippen molar-refractivity contribution in [2.45, 2.75) is 44.7 Å². The van der Waals surface area contributed by atoms with Crippen LogP contribution in [-0.2, 0) is 9.59 Å². The number of anilines is 1. The van der Waals surface area contributed by atoms with Crippen LogP contribution in [0.2, 0.25) is 0 Å². The molecule has 2 amide bonds. The number of piperidine rings is 2. The summed E-state index contributed by atoms with van der Waals surface area (Å²) in [6, 6.07) is 12.0. The molecular weight excluding hydrogens is 370 g/mol. The maximum Gasteiger partial charge on any atom is 0.228 e. The minimum atomic E-state index is -0.243. The summed E-state index contributed by atoms with van der Waals surface area (Å²) in [6.07, 6.45) is 2.70. The molecule has 0 aliphatic carbocycles. The van der Waals surface area contributed by atoms with Crippen LogP contribution in [0.4, 0.5) is 5.69 Å². The molecule has 4 rings (SSSR count). The fourth-order valence-corrected chi connectivity index (χ4v) is 5.18. The summed E-state index contributed by atoms with van der Waals surface area (Å²) in [5.74, 6) is 0.0360. The predicted molar refractivity (Wildman–Crippen MR) is 112 cm³/mol. The molecule has 6 heteroatoms. The number of carbonyl (C=O) groups excluding carboxylic acids is 2. The van der Waals surface area contributed by atoms with E-state index >= 15 is 0 Å². The average Bonchev–Trinajstić information content (AvgIpc) is 3.23. The van der Waals surface area contributed by atoms with Crippen LogP contribution in [0.25, 0.3) is 0 Å². The number of hydrogen-bond acceptors (Lipinski definition) is 4. The Bertz CT molecular complexity index is 826. The number of nitrogens with two attached hydrogens (primary N) is 1. The van der Waals surface area contributed by atoms with Gasteiger partial charge in [0, 0.05) is 36.1 Å². The number of nitrogens with zero attached hydrogens (tertiary/aromatic N) is 2. The zero-order valence-corrected chi connectivity index (χ0v) is 17.0. The molecule has 2 aliphatic rings. The topological polar surface area (TPSA) is 66.6 Å². The molecule has 1 aromatic heterocycles. The Hall–Kier alpha value is -2.18. The highest BCUT2D eigenvalue weighted by atomic mass is 32.1. The SMILES string of the molecule is Cc1ccc(N2C(=O)CCC(C(=O)N3CCC(N)CC3)C2c2cccs2)cc1. The van der Waals surface area contributed by atoms with Crippen molar-refractivity contribution in [2.24, 2.45) is 11.7 Å². The van der Waals surface area contributed by atoms with E-state index in [1.807, 2.05) is 58.5 Å². The van der Waals surface area contributed by atoms with E-state index < -0.39 is 0 Å². The van der Waals surface area contributed by atoms with Crippen LogP contribution in [0.3, 0.4) is 0 Å². The van der Waals surface area contributed by atoms with Crippen LogP contribution in [0.1, 0.15) is 42.2 Å². The van der Waals surface area contributed by atoms with Crippen molar-refractivity contribution >= 4 is 28.8 Å². The van der Waals surface area contributed by atoms with Crippen LogP contribution in [0.15, 0.2) is 41.8 Å². The summed E-state index contributed by atoms with van der Waals surface area (Å²) in [5.41, 5.74) is 8.04. The third-order valence-electron chi connectivity index (χ3n) is 5.91. The first-order chi connectivity index (χ1) is 13.5. The molecule has 1 aromatic carbocycles.